The van der Waals surface area contributed by atoms with Gasteiger partial charge in [0.1, 0.15) is 12.4 Å². The summed E-state index contributed by atoms with van der Waals surface area (Å²) < 4.78 is 5.91. The normalized spacial score (nSPS) is 15.6. The molecular weight excluding hydrogens is 376 g/mol. The molecule has 2 aromatic carbocycles. The molecule has 5 nitrogen and oxygen atoms in total. The number of hydrogen-bond donors (Lipinski definition) is 1. The van der Waals surface area contributed by atoms with Crippen LogP contribution in [0.15, 0.2) is 42.5 Å². The molecule has 28 heavy (non-hydrogen) atoms. The Morgan fingerprint density at radius 3 is 2.68 bits per heavy atom. The lowest BCUT2D eigenvalue weighted by Gasteiger charge is -2.29. The van der Waals surface area contributed by atoms with Crippen LogP contribution >= 0.6 is 11.6 Å². The Hall–Kier alpha value is -2.53. The van der Waals surface area contributed by atoms with Gasteiger partial charge >= 0.3 is 0 Å². The molecule has 0 saturated heterocycles. The van der Waals surface area contributed by atoms with Gasteiger partial charge in [-0.05, 0) is 56.2 Å². The molecule has 1 aliphatic rings. The number of hydrogen-bond acceptors (Lipinski definition) is 3. The van der Waals surface area contributed by atoms with Crippen LogP contribution < -0.4 is 15.0 Å². The monoisotopic (exact) mass is 400 g/mol. The van der Waals surface area contributed by atoms with Gasteiger partial charge in [0.05, 0.1) is 11.1 Å². The summed E-state index contributed by atoms with van der Waals surface area (Å²) in [7, 11) is 0. The van der Waals surface area contributed by atoms with Gasteiger partial charge in [-0.1, -0.05) is 31.5 Å². The van der Waals surface area contributed by atoms with Crippen molar-refractivity contribution in [2.75, 3.05) is 23.4 Å². The van der Waals surface area contributed by atoms with Crippen LogP contribution in [0.2, 0.25) is 5.02 Å². The summed E-state index contributed by atoms with van der Waals surface area (Å²) in [5.41, 5.74) is 1.11. The number of anilines is 2. The standard InChI is InChI=1S/C22H25ClN2O3/c1-14(2)12-25-18-11-17(24-20(26)15-6-5-7-16(23)10-15)8-9-19(18)28-13-22(3,4)21(25)27/h5-11,14H,12-13H2,1-4H3,(H,24,26). The first-order chi connectivity index (χ1) is 13.2. The number of rotatable bonds is 4. The molecule has 0 saturated carbocycles. The molecule has 0 atom stereocenters. The van der Waals surface area contributed by atoms with E-state index in [9.17, 15) is 9.59 Å². The maximum absolute atomic E-state index is 13.1. The second-order valence-corrected chi connectivity index (χ2v) is 8.57. The summed E-state index contributed by atoms with van der Waals surface area (Å²) in [6, 6.07) is 12.1. The second kappa shape index (κ2) is 7.84. The van der Waals surface area contributed by atoms with E-state index < -0.39 is 5.41 Å². The molecule has 6 heteroatoms. The molecular formula is C22H25ClN2O3. The molecule has 0 spiro atoms. The highest BCUT2D eigenvalue weighted by Crippen LogP contribution is 2.38. The molecule has 0 unspecified atom stereocenters. The zero-order chi connectivity index (χ0) is 20.5. The Bertz CT molecular complexity index is 908. The van der Waals surface area contributed by atoms with E-state index in [4.69, 9.17) is 16.3 Å². The van der Waals surface area contributed by atoms with Crippen molar-refractivity contribution in [3.05, 3.63) is 53.1 Å². The fourth-order valence-corrected chi connectivity index (χ4v) is 3.29. The molecule has 2 aromatic rings. The van der Waals surface area contributed by atoms with Crippen molar-refractivity contribution in [3.8, 4) is 5.75 Å². The minimum absolute atomic E-state index is 0.0123. The molecule has 0 radical (unpaired) electrons. The van der Waals surface area contributed by atoms with E-state index >= 15 is 0 Å². The number of fused-ring (bicyclic) bond motifs is 1. The van der Waals surface area contributed by atoms with E-state index in [-0.39, 0.29) is 17.7 Å². The van der Waals surface area contributed by atoms with Crippen LogP contribution in [-0.2, 0) is 4.79 Å². The van der Waals surface area contributed by atoms with Gasteiger partial charge in [0.15, 0.2) is 0 Å². The Kier molecular flexibility index (Phi) is 5.66. The van der Waals surface area contributed by atoms with Crippen LogP contribution in [0.5, 0.6) is 5.75 Å². The summed E-state index contributed by atoms with van der Waals surface area (Å²) in [6.45, 7) is 8.78. The van der Waals surface area contributed by atoms with Crippen LogP contribution in [0.4, 0.5) is 11.4 Å². The molecule has 148 valence electrons. The average Bonchev–Trinajstić information content (AvgIpc) is 2.72. The lowest BCUT2D eigenvalue weighted by Crippen LogP contribution is -2.43. The number of halogens is 1. The first-order valence-electron chi connectivity index (χ1n) is 9.33. The third-order valence-electron chi connectivity index (χ3n) is 4.55. The maximum Gasteiger partial charge on any atom is 0.255 e. The first kappa shape index (κ1) is 20.2. The van der Waals surface area contributed by atoms with E-state index in [0.717, 1.165) is 0 Å². The van der Waals surface area contributed by atoms with Crippen molar-refractivity contribution in [3.63, 3.8) is 0 Å². The van der Waals surface area contributed by atoms with Gasteiger partial charge in [-0.25, -0.2) is 0 Å². The van der Waals surface area contributed by atoms with Gasteiger partial charge in [-0.15, -0.1) is 0 Å². The van der Waals surface area contributed by atoms with Gasteiger partial charge in [0.2, 0.25) is 5.91 Å². The number of nitrogens with zero attached hydrogens (tertiary/aromatic N) is 1. The first-order valence-corrected chi connectivity index (χ1v) is 9.71. The predicted octanol–water partition coefficient (Wildman–Crippen LogP) is 5.00. The highest BCUT2D eigenvalue weighted by Gasteiger charge is 2.38. The topological polar surface area (TPSA) is 58.6 Å². The van der Waals surface area contributed by atoms with E-state index in [2.05, 4.69) is 19.2 Å². The summed E-state index contributed by atoms with van der Waals surface area (Å²) >= 11 is 5.97. The van der Waals surface area contributed by atoms with Crippen LogP contribution in [-0.4, -0.2) is 25.0 Å². The zero-order valence-corrected chi connectivity index (χ0v) is 17.3. The van der Waals surface area contributed by atoms with Gasteiger partial charge in [0, 0.05) is 22.8 Å². The van der Waals surface area contributed by atoms with E-state index in [0.29, 0.717) is 40.9 Å². The van der Waals surface area contributed by atoms with Gasteiger partial charge in [-0.2, -0.15) is 0 Å². The summed E-state index contributed by atoms with van der Waals surface area (Å²) in [5.74, 6) is 0.674. The lowest BCUT2D eigenvalue weighted by molar-refractivity contribution is -0.127. The van der Waals surface area contributed by atoms with Crippen molar-refractivity contribution in [1.29, 1.82) is 0 Å². The third kappa shape index (κ3) is 4.30. The number of carbonyl (C=O) groups is 2. The van der Waals surface area contributed by atoms with Crippen molar-refractivity contribution in [2.24, 2.45) is 11.3 Å². The van der Waals surface area contributed by atoms with Crippen LogP contribution in [0.1, 0.15) is 38.1 Å². The van der Waals surface area contributed by atoms with Gasteiger partial charge < -0.3 is 15.0 Å². The highest BCUT2D eigenvalue weighted by atomic mass is 35.5. The third-order valence-corrected chi connectivity index (χ3v) is 4.79. The number of nitrogens with one attached hydrogen (secondary N) is 1. The van der Waals surface area contributed by atoms with Gasteiger partial charge in [-0.3, -0.25) is 9.59 Å². The molecule has 1 N–H and O–H groups in total. The number of amides is 2. The average molecular weight is 401 g/mol. The SMILES string of the molecule is CC(C)CN1C(=O)C(C)(C)COc2ccc(NC(=O)c3cccc(Cl)c3)cc21. The quantitative estimate of drug-likeness (QED) is 0.785. The van der Waals surface area contributed by atoms with Crippen molar-refractivity contribution in [1.82, 2.24) is 0 Å². The van der Waals surface area contributed by atoms with Crippen LogP contribution in [0.25, 0.3) is 0 Å². The molecule has 0 aromatic heterocycles. The van der Waals surface area contributed by atoms with Crippen LogP contribution in [0.3, 0.4) is 0 Å². The number of benzene rings is 2. The highest BCUT2D eigenvalue weighted by molar-refractivity contribution is 6.31. The largest absolute Gasteiger partial charge is 0.490 e. The van der Waals surface area contributed by atoms with E-state index in [1.807, 2.05) is 13.8 Å². The molecule has 2 amide bonds. The van der Waals surface area contributed by atoms with E-state index in [1.54, 1.807) is 47.4 Å². The number of ether oxygens (including phenoxy) is 1. The Labute approximate surface area is 170 Å². The molecule has 1 heterocycles. The fraction of sp³-hybridized carbons (Fsp3) is 0.364. The molecule has 3 rings (SSSR count). The Morgan fingerprint density at radius 2 is 2.00 bits per heavy atom. The predicted molar refractivity (Wildman–Crippen MR) is 112 cm³/mol. The minimum atomic E-state index is -0.627. The lowest BCUT2D eigenvalue weighted by atomic mass is 9.92. The van der Waals surface area contributed by atoms with Crippen LogP contribution in [0, 0.1) is 11.3 Å². The van der Waals surface area contributed by atoms with Crippen molar-refractivity contribution < 1.29 is 14.3 Å². The second-order valence-electron chi connectivity index (χ2n) is 8.13. The van der Waals surface area contributed by atoms with E-state index in [1.165, 1.54) is 0 Å². The zero-order valence-electron chi connectivity index (χ0n) is 16.6. The summed E-state index contributed by atoms with van der Waals surface area (Å²) in [4.78, 5) is 27.4. The Balaban J connectivity index is 1.94. The fourth-order valence-electron chi connectivity index (χ4n) is 3.10. The molecule has 0 bridgehead atoms. The summed E-state index contributed by atoms with van der Waals surface area (Å²) in [5, 5.41) is 3.37. The molecule has 1 aliphatic heterocycles. The number of carbonyl (C=O) groups excluding carboxylic acids is 2. The molecule has 0 aliphatic carbocycles. The summed E-state index contributed by atoms with van der Waals surface area (Å²) in [6.07, 6.45) is 0. The molecule has 0 fully saturated rings. The van der Waals surface area contributed by atoms with Crippen molar-refractivity contribution in [2.45, 2.75) is 27.7 Å². The van der Waals surface area contributed by atoms with Crippen molar-refractivity contribution >= 4 is 34.8 Å². The maximum atomic E-state index is 13.1. The Morgan fingerprint density at radius 1 is 1.25 bits per heavy atom. The smallest absolute Gasteiger partial charge is 0.255 e. The van der Waals surface area contributed by atoms with Gasteiger partial charge in [0.25, 0.3) is 5.91 Å². The minimum Gasteiger partial charge on any atom is -0.490 e.